The van der Waals surface area contributed by atoms with Gasteiger partial charge in [-0.1, -0.05) is 18.2 Å². The maximum Gasteiger partial charge on any atom is 0.234 e. The first kappa shape index (κ1) is 19.0. The van der Waals surface area contributed by atoms with Crippen molar-refractivity contribution in [2.45, 2.75) is 0 Å². The predicted octanol–water partition coefficient (Wildman–Crippen LogP) is 2.12. The van der Waals surface area contributed by atoms with Gasteiger partial charge in [-0.05, 0) is 24.3 Å². The number of carbonyl (C=O) groups is 1. The van der Waals surface area contributed by atoms with Crippen LogP contribution in [0.1, 0.15) is 0 Å². The number of para-hydroxylation sites is 1. The third kappa shape index (κ3) is 4.41. The van der Waals surface area contributed by atoms with E-state index in [9.17, 15) is 4.79 Å². The van der Waals surface area contributed by atoms with Crippen molar-refractivity contribution in [2.75, 3.05) is 44.2 Å². The minimum Gasteiger partial charge on any atom is -0.353 e. The summed E-state index contributed by atoms with van der Waals surface area (Å²) in [6.07, 6.45) is 5.22. The van der Waals surface area contributed by atoms with Crippen LogP contribution in [-0.2, 0) is 4.79 Å². The van der Waals surface area contributed by atoms with E-state index in [0.717, 1.165) is 48.5 Å². The molecule has 7 heteroatoms. The predicted molar refractivity (Wildman–Crippen MR) is 115 cm³/mol. The van der Waals surface area contributed by atoms with Gasteiger partial charge in [-0.3, -0.25) is 14.7 Å². The maximum atomic E-state index is 12.0. The van der Waals surface area contributed by atoms with Gasteiger partial charge in [0.1, 0.15) is 5.82 Å². The molecule has 0 radical (unpaired) electrons. The van der Waals surface area contributed by atoms with Gasteiger partial charge in [-0.15, -0.1) is 6.58 Å². The summed E-state index contributed by atoms with van der Waals surface area (Å²) in [6.45, 7) is 7.77. The molecule has 3 heterocycles. The molecule has 0 bridgehead atoms. The van der Waals surface area contributed by atoms with E-state index in [-0.39, 0.29) is 5.91 Å². The highest BCUT2D eigenvalue weighted by atomic mass is 16.2. The van der Waals surface area contributed by atoms with E-state index in [0.29, 0.717) is 18.9 Å². The number of pyridine rings is 1. The Kier molecular flexibility index (Phi) is 5.76. The van der Waals surface area contributed by atoms with E-state index in [4.69, 9.17) is 9.97 Å². The van der Waals surface area contributed by atoms with Crippen LogP contribution in [0.5, 0.6) is 0 Å². The SMILES string of the molecule is C=CCNC(=O)CN1CCN(c2nc(-c3cccnc3)nc3ccccc23)CC1. The average Bonchev–Trinajstić information content (AvgIpc) is 2.78. The van der Waals surface area contributed by atoms with Gasteiger partial charge in [0.15, 0.2) is 5.82 Å². The molecule has 1 aromatic carbocycles. The molecular weight excluding hydrogens is 364 g/mol. The van der Waals surface area contributed by atoms with Crippen LogP contribution in [0, 0.1) is 0 Å². The summed E-state index contributed by atoms with van der Waals surface area (Å²) in [5.74, 6) is 1.65. The minimum absolute atomic E-state index is 0.0321. The van der Waals surface area contributed by atoms with Crippen LogP contribution in [0.15, 0.2) is 61.4 Å². The Hall–Kier alpha value is -3.32. The molecule has 0 saturated carbocycles. The number of rotatable bonds is 6. The number of hydrogen-bond acceptors (Lipinski definition) is 6. The fourth-order valence-electron chi connectivity index (χ4n) is 3.49. The molecule has 1 saturated heterocycles. The number of hydrogen-bond donors (Lipinski definition) is 1. The lowest BCUT2D eigenvalue weighted by Crippen LogP contribution is -2.49. The standard InChI is InChI=1S/C22H24N6O/c1-2-9-24-20(29)16-27-11-13-28(14-12-27)22-18-7-3-4-8-19(18)25-21(26-22)17-6-5-10-23-15-17/h2-8,10,15H,1,9,11-14,16H2,(H,24,29). The fourth-order valence-corrected chi connectivity index (χ4v) is 3.49. The van der Waals surface area contributed by atoms with E-state index < -0.39 is 0 Å². The van der Waals surface area contributed by atoms with Crippen LogP contribution in [0.2, 0.25) is 0 Å². The third-order valence-electron chi connectivity index (χ3n) is 4.99. The Morgan fingerprint density at radius 2 is 1.93 bits per heavy atom. The molecule has 0 spiro atoms. The number of fused-ring (bicyclic) bond motifs is 1. The quantitative estimate of drug-likeness (QED) is 0.652. The van der Waals surface area contributed by atoms with Gasteiger partial charge < -0.3 is 10.2 Å². The summed E-state index contributed by atoms with van der Waals surface area (Å²) in [5, 5.41) is 3.87. The lowest BCUT2D eigenvalue weighted by Gasteiger charge is -2.35. The largest absolute Gasteiger partial charge is 0.353 e. The molecular formula is C22H24N6O. The third-order valence-corrected chi connectivity index (χ3v) is 4.99. The molecule has 1 aliphatic heterocycles. The highest BCUT2D eigenvalue weighted by Gasteiger charge is 2.22. The molecule has 0 atom stereocenters. The van der Waals surface area contributed by atoms with Crippen molar-refractivity contribution in [3.63, 3.8) is 0 Å². The van der Waals surface area contributed by atoms with E-state index in [2.05, 4.69) is 32.7 Å². The smallest absolute Gasteiger partial charge is 0.234 e. The lowest BCUT2D eigenvalue weighted by molar-refractivity contribution is -0.122. The first-order valence-electron chi connectivity index (χ1n) is 9.76. The van der Waals surface area contributed by atoms with Gasteiger partial charge in [0.25, 0.3) is 0 Å². The number of anilines is 1. The summed E-state index contributed by atoms with van der Waals surface area (Å²) >= 11 is 0. The minimum atomic E-state index is 0.0321. The molecule has 4 rings (SSSR count). The molecule has 29 heavy (non-hydrogen) atoms. The zero-order valence-electron chi connectivity index (χ0n) is 16.3. The maximum absolute atomic E-state index is 12.0. The number of nitrogens with one attached hydrogen (secondary N) is 1. The summed E-state index contributed by atoms with van der Waals surface area (Å²) in [5.41, 5.74) is 1.82. The van der Waals surface area contributed by atoms with Crippen LogP contribution in [0.3, 0.4) is 0 Å². The molecule has 1 N–H and O–H groups in total. The molecule has 0 aliphatic carbocycles. The van der Waals surface area contributed by atoms with Crippen molar-refractivity contribution < 1.29 is 4.79 Å². The molecule has 1 fully saturated rings. The summed E-state index contributed by atoms with van der Waals surface area (Å²) in [4.78, 5) is 30.2. The number of piperazine rings is 1. The van der Waals surface area contributed by atoms with Crippen molar-refractivity contribution in [3.8, 4) is 11.4 Å². The summed E-state index contributed by atoms with van der Waals surface area (Å²) < 4.78 is 0. The lowest BCUT2D eigenvalue weighted by atomic mass is 10.2. The van der Waals surface area contributed by atoms with Gasteiger partial charge in [0.05, 0.1) is 12.1 Å². The van der Waals surface area contributed by atoms with Crippen molar-refractivity contribution in [1.82, 2.24) is 25.2 Å². The van der Waals surface area contributed by atoms with Crippen molar-refractivity contribution >= 4 is 22.6 Å². The van der Waals surface area contributed by atoms with E-state index in [1.807, 2.05) is 30.3 Å². The van der Waals surface area contributed by atoms with Crippen LogP contribution < -0.4 is 10.2 Å². The summed E-state index contributed by atoms with van der Waals surface area (Å²) in [7, 11) is 0. The average molecular weight is 388 g/mol. The number of carbonyl (C=O) groups excluding carboxylic acids is 1. The van der Waals surface area contributed by atoms with Crippen molar-refractivity contribution in [1.29, 1.82) is 0 Å². The second-order valence-electron chi connectivity index (χ2n) is 6.99. The Morgan fingerprint density at radius 3 is 2.69 bits per heavy atom. The molecule has 7 nitrogen and oxygen atoms in total. The van der Waals surface area contributed by atoms with Crippen molar-refractivity contribution in [3.05, 3.63) is 61.4 Å². The molecule has 148 valence electrons. The molecule has 3 aromatic rings. The molecule has 1 amide bonds. The van der Waals surface area contributed by atoms with E-state index in [1.165, 1.54) is 0 Å². The van der Waals surface area contributed by atoms with Crippen LogP contribution >= 0.6 is 0 Å². The Morgan fingerprint density at radius 1 is 1.10 bits per heavy atom. The zero-order chi connectivity index (χ0) is 20.1. The number of benzene rings is 1. The van der Waals surface area contributed by atoms with E-state index >= 15 is 0 Å². The Bertz CT molecular complexity index is 999. The highest BCUT2D eigenvalue weighted by Crippen LogP contribution is 2.28. The van der Waals surface area contributed by atoms with Crippen LogP contribution in [0.4, 0.5) is 5.82 Å². The molecule has 0 unspecified atom stereocenters. The van der Waals surface area contributed by atoms with Gasteiger partial charge in [0, 0.05) is 56.1 Å². The van der Waals surface area contributed by atoms with Crippen LogP contribution in [-0.4, -0.2) is 65.0 Å². The second kappa shape index (κ2) is 8.79. The number of nitrogens with zero attached hydrogens (tertiary/aromatic N) is 5. The number of amides is 1. The molecule has 2 aromatic heterocycles. The Balaban J connectivity index is 1.55. The zero-order valence-corrected chi connectivity index (χ0v) is 16.3. The first-order valence-corrected chi connectivity index (χ1v) is 9.76. The fraction of sp³-hybridized carbons (Fsp3) is 0.273. The van der Waals surface area contributed by atoms with Gasteiger partial charge in [0.2, 0.25) is 5.91 Å². The monoisotopic (exact) mass is 388 g/mol. The Labute approximate surface area is 170 Å². The van der Waals surface area contributed by atoms with Gasteiger partial charge >= 0.3 is 0 Å². The highest BCUT2D eigenvalue weighted by molar-refractivity contribution is 5.91. The topological polar surface area (TPSA) is 74.2 Å². The van der Waals surface area contributed by atoms with Gasteiger partial charge in [-0.2, -0.15) is 0 Å². The molecule has 1 aliphatic rings. The van der Waals surface area contributed by atoms with Gasteiger partial charge in [-0.25, -0.2) is 9.97 Å². The van der Waals surface area contributed by atoms with Crippen LogP contribution in [0.25, 0.3) is 22.3 Å². The second-order valence-corrected chi connectivity index (χ2v) is 6.99. The first-order chi connectivity index (χ1) is 14.2. The normalized spacial score (nSPS) is 14.7. The van der Waals surface area contributed by atoms with Crippen molar-refractivity contribution in [2.24, 2.45) is 0 Å². The number of aromatic nitrogens is 3. The van der Waals surface area contributed by atoms with E-state index in [1.54, 1.807) is 18.5 Å². The summed E-state index contributed by atoms with van der Waals surface area (Å²) in [6, 6.07) is 11.9.